The fourth-order valence-electron chi connectivity index (χ4n) is 2.12. The lowest BCUT2D eigenvalue weighted by molar-refractivity contribution is -0.137. The number of nitriles is 1. The van der Waals surface area contributed by atoms with Crippen LogP contribution in [0.15, 0.2) is 54.6 Å². The van der Waals surface area contributed by atoms with Crippen LogP contribution in [-0.4, -0.2) is 4.98 Å². The van der Waals surface area contributed by atoms with E-state index in [4.69, 9.17) is 10.00 Å². The van der Waals surface area contributed by atoms with Gasteiger partial charge in [-0.15, -0.1) is 0 Å². The molecule has 6 heteroatoms. The Morgan fingerprint density at radius 3 is 2.24 bits per heavy atom. The molecule has 1 aromatic heterocycles. The van der Waals surface area contributed by atoms with Crippen molar-refractivity contribution in [1.82, 2.24) is 4.98 Å². The van der Waals surface area contributed by atoms with Gasteiger partial charge < -0.3 is 4.74 Å². The molecule has 3 rings (SSSR count). The second kappa shape index (κ2) is 7.67. The average molecular weight is 344 g/mol. The summed E-state index contributed by atoms with van der Waals surface area (Å²) < 4.78 is 43.3. The van der Waals surface area contributed by atoms with Crippen molar-refractivity contribution in [3.05, 3.63) is 65.9 Å². The number of alkyl halides is 3. The van der Waals surface area contributed by atoms with Gasteiger partial charge in [0.2, 0.25) is 0 Å². The smallest absolute Gasteiger partial charge is 0.416 e. The van der Waals surface area contributed by atoms with E-state index in [1.165, 1.54) is 12.1 Å². The van der Waals surface area contributed by atoms with Gasteiger partial charge in [-0.2, -0.15) is 18.4 Å². The molecule has 0 aliphatic carbocycles. The van der Waals surface area contributed by atoms with Crippen LogP contribution in [0.5, 0.6) is 11.5 Å². The minimum Gasteiger partial charge on any atom is -0.457 e. The predicted molar refractivity (Wildman–Crippen MR) is 89.3 cm³/mol. The molecule has 0 saturated carbocycles. The predicted octanol–water partition coefficient (Wildman–Crippen LogP) is 5.94. The summed E-state index contributed by atoms with van der Waals surface area (Å²) in [6, 6.07) is 14.8. The van der Waals surface area contributed by atoms with Crippen LogP contribution >= 0.6 is 0 Å². The molecular formula is C19H15F3N2O. The molecule has 3 nitrogen and oxygen atoms in total. The van der Waals surface area contributed by atoms with Crippen LogP contribution in [0, 0.1) is 11.3 Å². The van der Waals surface area contributed by atoms with Gasteiger partial charge >= 0.3 is 6.18 Å². The van der Waals surface area contributed by atoms with Crippen molar-refractivity contribution >= 4 is 10.9 Å². The number of ether oxygens (including phenoxy) is 1. The van der Waals surface area contributed by atoms with Crippen molar-refractivity contribution in [2.75, 3.05) is 0 Å². The van der Waals surface area contributed by atoms with Gasteiger partial charge in [0.05, 0.1) is 11.1 Å². The van der Waals surface area contributed by atoms with Gasteiger partial charge in [0.15, 0.2) is 0 Å². The molecule has 0 bridgehead atoms. The highest BCUT2D eigenvalue weighted by atomic mass is 19.4. The largest absolute Gasteiger partial charge is 0.457 e. The molecule has 0 spiro atoms. The van der Waals surface area contributed by atoms with E-state index in [9.17, 15) is 13.2 Å². The van der Waals surface area contributed by atoms with E-state index in [0.29, 0.717) is 16.7 Å². The monoisotopic (exact) mass is 344 g/mol. The molecule has 0 saturated heterocycles. The van der Waals surface area contributed by atoms with Gasteiger partial charge in [0.25, 0.3) is 0 Å². The van der Waals surface area contributed by atoms with E-state index in [2.05, 4.69) is 4.98 Å². The fourth-order valence-corrected chi connectivity index (χ4v) is 2.12. The summed E-state index contributed by atoms with van der Waals surface area (Å²) in [4.78, 5) is 4.15. The molecule has 0 aliphatic rings. The fraction of sp³-hybridized carbons (Fsp3) is 0.158. The summed E-state index contributed by atoms with van der Waals surface area (Å²) in [7, 11) is 0. The lowest BCUT2D eigenvalue weighted by Gasteiger charge is -2.10. The molecule has 25 heavy (non-hydrogen) atoms. The minimum absolute atomic E-state index is 0.282. The summed E-state index contributed by atoms with van der Waals surface area (Å²) in [6.07, 6.45) is -4.38. The first kappa shape index (κ1) is 18.3. The third kappa shape index (κ3) is 4.27. The van der Waals surface area contributed by atoms with Crippen molar-refractivity contribution < 1.29 is 17.9 Å². The zero-order valence-corrected chi connectivity index (χ0v) is 13.6. The molecule has 1 heterocycles. The van der Waals surface area contributed by atoms with Crippen molar-refractivity contribution in [3.8, 4) is 17.6 Å². The Morgan fingerprint density at radius 2 is 1.64 bits per heavy atom. The summed E-state index contributed by atoms with van der Waals surface area (Å²) in [6.45, 7) is 4.00. The number of fused-ring (bicyclic) bond motifs is 1. The van der Waals surface area contributed by atoms with Crippen LogP contribution in [0.1, 0.15) is 25.1 Å². The first-order valence-corrected chi connectivity index (χ1v) is 7.62. The van der Waals surface area contributed by atoms with Crippen molar-refractivity contribution in [1.29, 1.82) is 5.26 Å². The van der Waals surface area contributed by atoms with Crippen LogP contribution in [0.4, 0.5) is 13.2 Å². The summed E-state index contributed by atoms with van der Waals surface area (Å²) in [5.74, 6) is 0.745. The standard InChI is InChI=1S/C17H9F3N2O.C2H6/c18-17(19,20)11-4-7-13(8-5-11)23-16-3-1-2-15-14(16)9-6-12(10-21)22-15;1-2/h1-9H;1-2H3. The van der Waals surface area contributed by atoms with Crippen LogP contribution in [-0.2, 0) is 6.18 Å². The number of halogens is 3. The molecule has 0 N–H and O–H groups in total. The number of hydrogen-bond donors (Lipinski definition) is 0. The zero-order chi connectivity index (χ0) is 18.4. The van der Waals surface area contributed by atoms with Gasteiger partial charge in [-0.05, 0) is 48.5 Å². The maximum atomic E-state index is 12.6. The van der Waals surface area contributed by atoms with Gasteiger partial charge in [0, 0.05) is 5.39 Å². The molecule has 0 fully saturated rings. The number of nitrogens with zero attached hydrogens (tertiary/aromatic N) is 2. The Labute approximate surface area is 143 Å². The van der Waals surface area contributed by atoms with Crippen molar-refractivity contribution in [2.24, 2.45) is 0 Å². The average Bonchev–Trinajstić information content (AvgIpc) is 2.63. The first-order chi connectivity index (χ1) is 12.0. The Bertz CT molecular complexity index is 897. The molecule has 0 atom stereocenters. The Morgan fingerprint density at radius 1 is 0.960 bits per heavy atom. The van der Waals surface area contributed by atoms with E-state index < -0.39 is 11.7 Å². The summed E-state index contributed by atoms with van der Waals surface area (Å²) in [5, 5.41) is 9.53. The maximum absolute atomic E-state index is 12.6. The highest BCUT2D eigenvalue weighted by molar-refractivity contribution is 5.85. The second-order valence-electron chi connectivity index (χ2n) is 4.76. The number of benzene rings is 2. The van der Waals surface area contributed by atoms with Gasteiger partial charge in [-0.1, -0.05) is 19.9 Å². The number of rotatable bonds is 2. The second-order valence-corrected chi connectivity index (χ2v) is 4.76. The highest BCUT2D eigenvalue weighted by Crippen LogP contribution is 2.33. The first-order valence-electron chi connectivity index (χ1n) is 7.62. The van der Waals surface area contributed by atoms with Gasteiger partial charge in [-0.3, -0.25) is 0 Å². The minimum atomic E-state index is -4.38. The zero-order valence-electron chi connectivity index (χ0n) is 13.6. The maximum Gasteiger partial charge on any atom is 0.416 e. The third-order valence-corrected chi connectivity index (χ3v) is 3.22. The van der Waals surface area contributed by atoms with Crippen LogP contribution in [0.3, 0.4) is 0 Å². The number of pyridine rings is 1. The molecule has 3 aromatic rings. The van der Waals surface area contributed by atoms with Crippen molar-refractivity contribution in [2.45, 2.75) is 20.0 Å². The van der Waals surface area contributed by atoms with Crippen LogP contribution in [0.2, 0.25) is 0 Å². The van der Waals surface area contributed by atoms with E-state index in [1.807, 2.05) is 19.9 Å². The molecule has 128 valence electrons. The normalized spacial score (nSPS) is 10.6. The lowest BCUT2D eigenvalue weighted by Crippen LogP contribution is -2.04. The van der Waals surface area contributed by atoms with E-state index in [1.54, 1.807) is 30.3 Å². The Balaban J connectivity index is 0.00000109. The third-order valence-electron chi connectivity index (χ3n) is 3.22. The Kier molecular flexibility index (Phi) is 5.60. The summed E-state index contributed by atoms with van der Waals surface area (Å²) in [5.41, 5.74) is 0.126. The molecular weight excluding hydrogens is 329 g/mol. The number of hydrogen-bond acceptors (Lipinski definition) is 3. The van der Waals surface area contributed by atoms with E-state index in [-0.39, 0.29) is 11.4 Å². The lowest BCUT2D eigenvalue weighted by atomic mass is 10.2. The van der Waals surface area contributed by atoms with Crippen LogP contribution in [0.25, 0.3) is 10.9 Å². The van der Waals surface area contributed by atoms with Gasteiger partial charge in [-0.25, -0.2) is 4.98 Å². The molecule has 0 unspecified atom stereocenters. The van der Waals surface area contributed by atoms with Gasteiger partial charge in [0.1, 0.15) is 23.3 Å². The van der Waals surface area contributed by atoms with Crippen LogP contribution < -0.4 is 4.74 Å². The SMILES string of the molecule is CC.N#Cc1ccc2c(Oc3ccc(C(F)(F)F)cc3)cccc2n1. The molecule has 0 radical (unpaired) electrons. The Hall–Kier alpha value is -3.07. The quantitative estimate of drug-likeness (QED) is 0.577. The molecule has 0 amide bonds. The van der Waals surface area contributed by atoms with Crippen molar-refractivity contribution in [3.63, 3.8) is 0 Å². The number of aromatic nitrogens is 1. The van der Waals surface area contributed by atoms with E-state index >= 15 is 0 Å². The topological polar surface area (TPSA) is 45.9 Å². The summed E-state index contributed by atoms with van der Waals surface area (Å²) >= 11 is 0. The molecule has 2 aromatic carbocycles. The highest BCUT2D eigenvalue weighted by Gasteiger charge is 2.30. The van der Waals surface area contributed by atoms with E-state index in [0.717, 1.165) is 12.1 Å². The molecule has 0 aliphatic heterocycles.